The Kier molecular flexibility index (Phi) is 4.03. The Morgan fingerprint density at radius 1 is 1.31 bits per heavy atom. The second-order valence-electron chi connectivity index (χ2n) is 2.96. The predicted molar refractivity (Wildman–Crippen MR) is 54.8 cm³/mol. The van der Waals surface area contributed by atoms with Crippen molar-refractivity contribution in [3.05, 3.63) is 35.4 Å². The molecule has 0 aromatic heterocycles. The Morgan fingerprint density at radius 2 is 2.00 bits per heavy atom. The molecule has 1 aromatic carbocycles. The first kappa shape index (κ1) is 9.78. The highest BCUT2D eigenvalue weighted by Crippen LogP contribution is 2.04. The second kappa shape index (κ2) is 5.36. The van der Waals surface area contributed by atoms with Gasteiger partial charge in [-0.3, -0.25) is 0 Å². The maximum absolute atomic E-state index is 5.07. The van der Waals surface area contributed by atoms with E-state index in [1.54, 1.807) is 6.21 Å². The molecule has 0 spiro atoms. The van der Waals surface area contributed by atoms with Gasteiger partial charge in [0, 0.05) is 6.21 Å². The third-order valence-electron chi connectivity index (χ3n) is 1.68. The average molecular weight is 177 g/mol. The van der Waals surface area contributed by atoms with E-state index in [-0.39, 0.29) is 0 Å². The van der Waals surface area contributed by atoms with Crippen LogP contribution in [0.4, 0.5) is 0 Å². The van der Waals surface area contributed by atoms with Crippen molar-refractivity contribution < 1.29 is 4.84 Å². The molecule has 2 nitrogen and oxygen atoms in total. The number of hydrogen-bond acceptors (Lipinski definition) is 2. The van der Waals surface area contributed by atoms with Crippen LogP contribution in [0.1, 0.15) is 24.5 Å². The van der Waals surface area contributed by atoms with E-state index in [9.17, 15) is 0 Å². The first-order valence-electron chi connectivity index (χ1n) is 4.52. The molecule has 0 aliphatic rings. The van der Waals surface area contributed by atoms with Gasteiger partial charge in [0.25, 0.3) is 0 Å². The smallest absolute Gasteiger partial charge is 0.142 e. The first-order chi connectivity index (χ1) is 6.33. The Morgan fingerprint density at radius 3 is 2.62 bits per heavy atom. The van der Waals surface area contributed by atoms with Crippen molar-refractivity contribution in [2.24, 2.45) is 5.16 Å². The van der Waals surface area contributed by atoms with Gasteiger partial charge in [0.2, 0.25) is 0 Å². The van der Waals surface area contributed by atoms with Crippen molar-refractivity contribution in [3.8, 4) is 0 Å². The second-order valence-corrected chi connectivity index (χ2v) is 2.96. The van der Waals surface area contributed by atoms with Gasteiger partial charge >= 0.3 is 0 Å². The zero-order chi connectivity index (χ0) is 9.52. The van der Waals surface area contributed by atoms with Crippen molar-refractivity contribution in [1.82, 2.24) is 0 Å². The molecular weight excluding hydrogens is 162 g/mol. The fourth-order valence-electron chi connectivity index (χ4n) is 0.923. The molecular formula is C11H15NO. The maximum Gasteiger partial charge on any atom is 0.142 e. The lowest BCUT2D eigenvalue weighted by Gasteiger charge is -1.99. The van der Waals surface area contributed by atoms with Gasteiger partial charge in [-0.1, -0.05) is 41.9 Å². The van der Waals surface area contributed by atoms with Crippen molar-refractivity contribution in [2.45, 2.75) is 26.9 Å². The molecule has 0 atom stereocenters. The molecule has 1 rings (SSSR count). The molecule has 0 N–H and O–H groups in total. The zero-order valence-electron chi connectivity index (χ0n) is 8.16. The summed E-state index contributed by atoms with van der Waals surface area (Å²) in [5.74, 6) is 0. The third kappa shape index (κ3) is 3.74. The molecule has 0 fully saturated rings. The van der Waals surface area contributed by atoms with E-state index in [0.29, 0.717) is 6.61 Å². The molecule has 2 heteroatoms. The van der Waals surface area contributed by atoms with Crippen LogP contribution in [0.3, 0.4) is 0 Å². The van der Waals surface area contributed by atoms with Gasteiger partial charge in [-0.05, 0) is 18.9 Å². The van der Waals surface area contributed by atoms with Gasteiger partial charge in [-0.15, -0.1) is 0 Å². The van der Waals surface area contributed by atoms with Crippen molar-refractivity contribution in [1.29, 1.82) is 0 Å². The minimum atomic E-state index is 0.552. The number of oxime groups is 1. The molecule has 0 bridgehead atoms. The molecule has 0 amide bonds. The van der Waals surface area contributed by atoms with Gasteiger partial charge in [-0.2, -0.15) is 0 Å². The number of benzene rings is 1. The van der Waals surface area contributed by atoms with E-state index in [4.69, 9.17) is 4.84 Å². The van der Waals surface area contributed by atoms with E-state index in [1.807, 2.05) is 6.92 Å². The van der Waals surface area contributed by atoms with Crippen LogP contribution in [-0.2, 0) is 11.4 Å². The van der Waals surface area contributed by atoms with Gasteiger partial charge in [0.1, 0.15) is 6.61 Å². The van der Waals surface area contributed by atoms with E-state index in [0.717, 1.165) is 12.0 Å². The van der Waals surface area contributed by atoms with Gasteiger partial charge < -0.3 is 4.84 Å². The van der Waals surface area contributed by atoms with Crippen LogP contribution in [0.5, 0.6) is 0 Å². The van der Waals surface area contributed by atoms with Crippen LogP contribution < -0.4 is 0 Å². The average Bonchev–Trinajstić information content (AvgIpc) is 2.15. The van der Waals surface area contributed by atoms with E-state index in [2.05, 4.69) is 36.3 Å². The molecule has 70 valence electrons. The summed E-state index contributed by atoms with van der Waals surface area (Å²) >= 11 is 0. The lowest BCUT2D eigenvalue weighted by molar-refractivity contribution is 0.131. The van der Waals surface area contributed by atoms with Crippen molar-refractivity contribution in [2.75, 3.05) is 0 Å². The largest absolute Gasteiger partial charge is 0.391 e. The van der Waals surface area contributed by atoms with E-state index in [1.165, 1.54) is 5.56 Å². The van der Waals surface area contributed by atoms with Crippen LogP contribution in [0.2, 0.25) is 0 Å². The fourth-order valence-corrected chi connectivity index (χ4v) is 0.923. The van der Waals surface area contributed by atoms with Crippen LogP contribution in [0.15, 0.2) is 29.4 Å². The SMILES string of the molecule is CC/C=N/OCc1ccc(C)cc1. The number of hydrogen-bond donors (Lipinski definition) is 0. The third-order valence-corrected chi connectivity index (χ3v) is 1.68. The Labute approximate surface area is 79.2 Å². The summed E-state index contributed by atoms with van der Waals surface area (Å²) in [6.45, 7) is 4.65. The Bertz CT molecular complexity index is 264. The molecule has 1 aromatic rings. The highest BCUT2D eigenvalue weighted by Gasteiger charge is 1.90. The zero-order valence-corrected chi connectivity index (χ0v) is 8.16. The molecule has 0 aliphatic carbocycles. The predicted octanol–water partition coefficient (Wildman–Crippen LogP) is 2.91. The van der Waals surface area contributed by atoms with Crippen LogP contribution in [0.25, 0.3) is 0 Å². The van der Waals surface area contributed by atoms with Crippen LogP contribution in [0, 0.1) is 6.92 Å². The highest BCUT2D eigenvalue weighted by atomic mass is 16.6. The summed E-state index contributed by atoms with van der Waals surface area (Å²) in [6, 6.07) is 8.25. The minimum absolute atomic E-state index is 0.552. The number of nitrogens with zero attached hydrogens (tertiary/aromatic N) is 1. The Hall–Kier alpha value is -1.31. The van der Waals surface area contributed by atoms with Crippen LogP contribution in [-0.4, -0.2) is 6.21 Å². The van der Waals surface area contributed by atoms with Crippen LogP contribution >= 0.6 is 0 Å². The lowest BCUT2D eigenvalue weighted by Crippen LogP contribution is -1.86. The summed E-state index contributed by atoms with van der Waals surface area (Å²) < 4.78 is 0. The van der Waals surface area contributed by atoms with Gasteiger partial charge in [0.15, 0.2) is 0 Å². The first-order valence-corrected chi connectivity index (χ1v) is 4.52. The standard InChI is InChI=1S/C11H15NO/c1-3-8-12-13-9-11-6-4-10(2)5-7-11/h4-8H,3,9H2,1-2H3/b12-8+. The number of rotatable bonds is 4. The quantitative estimate of drug-likeness (QED) is 0.512. The normalized spacial score (nSPS) is 10.6. The van der Waals surface area contributed by atoms with E-state index >= 15 is 0 Å². The lowest BCUT2D eigenvalue weighted by atomic mass is 10.2. The summed E-state index contributed by atoms with van der Waals surface area (Å²) in [5.41, 5.74) is 2.42. The molecule has 0 aliphatic heterocycles. The number of aryl methyl sites for hydroxylation is 1. The molecule has 0 saturated heterocycles. The molecule has 0 radical (unpaired) electrons. The molecule has 0 unspecified atom stereocenters. The van der Waals surface area contributed by atoms with E-state index < -0.39 is 0 Å². The topological polar surface area (TPSA) is 21.6 Å². The summed E-state index contributed by atoms with van der Waals surface area (Å²) in [7, 11) is 0. The highest BCUT2D eigenvalue weighted by molar-refractivity contribution is 5.55. The summed E-state index contributed by atoms with van der Waals surface area (Å²) in [4.78, 5) is 5.07. The van der Waals surface area contributed by atoms with Gasteiger partial charge in [-0.25, -0.2) is 0 Å². The van der Waals surface area contributed by atoms with Crippen molar-refractivity contribution >= 4 is 6.21 Å². The molecule has 0 heterocycles. The monoisotopic (exact) mass is 177 g/mol. The van der Waals surface area contributed by atoms with Crippen molar-refractivity contribution in [3.63, 3.8) is 0 Å². The minimum Gasteiger partial charge on any atom is -0.391 e. The summed E-state index contributed by atoms with van der Waals surface area (Å²) in [6.07, 6.45) is 2.67. The fraction of sp³-hybridized carbons (Fsp3) is 0.364. The summed E-state index contributed by atoms with van der Waals surface area (Å²) in [5, 5.41) is 3.78. The molecule has 0 saturated carbocycles. The Balaban J connectivity index is 2.37. The van der Waals surface area contributed by atoms with Gasteiger partial charge in [0.05, 0.1) is 0 Å². The molecule has 13 heavy (non-hydrogen) atoms. The maximum atomic E-state index is 5.07.